The second-order valence-electron chi connectivity index (χ2n) is 8.91. The van der Waals surface area contributed by atoms with Crippen LogP contribution in [-0.4, -0.2) is 80.6 Å². The smallest absolute Gasteiger partial charge is 0.345 e. The SMILES string of the molecule is [N-]=[N+]=NCCOCCNC(=O)CCOCCN1C(=O)C(C(=O)OCc2ccccc2)=C(C(=O)OCc2ccccc2)C1=O. The molecule has 226 valence electrons. The van der Waals surface area contributed by atoms with Gasteiger partial charge in [0.25, 0.3) is 11.8 Å². The zero-order valence-electron chi connectivity index (χ0n) is 23.3. The molecule has 0 radical (unpaired) electrons. The van der Waals surface area contributed by atoms with Crippen molar-refractivity contribution in [1.82, 2.24) is 10.2 Å². The number of hydrogen-bond acceptors (Lipinski definition) is 10. The lowest BCUT2D eigenvalue weighted by atomic mass is 10.1. The number of imide groups is 1. The summed E-state index contributed by atoms with van der Waals surface area (Å²) >= 11 is 0. The number of carbonyl (C=O) groups excluding carboxylic acids is 5. The third-order valence-electron chi connectivity index (χ3n) is 5.90. The van der Waals surface area contributed by atoms with E-state index in [1.54, 1.807) is 60.7 Å². The van der Waals surface area contributed by atoms with Crippen molar-refractivity contribution in [3.05, 3.63) is 93.4 Å². The quantitative estimate of drug-likeness (QED) is 0.0513. The fourth-order valence-corrected chi connectivity index (χ4v) is 3.77. The van der Waals surface area contributed by atoms with Gasteiger partial charge in [0.05, 0.1) is 33.0 Å². The van der Waals surface area contributed by atoms with Crippen LogP contribution in [0.1, 0.15) is 17.5 Å². The molecule has 14 heteroatoms. The van der Waals surface area contributed by atoms with E-state index >= 15 is 0 Å². The van der Waals surface area contributed by atoms with E-state index in [0.29, 0.717) is 16.0 Å². The van der Waals surface area contributed by atoms with Gasteiger partial charge in [0, 0.05) is 24.4 Å². The number of azide groups is 1. The Morgan fingerprint density at radius 1 is 0.767 bits per heavy atom. The molecule has 3 rings (SSSR count). The summed E-state index contributed by atoms with van der Waals surface area (Å²) in [4.78, 5) is 67.4. The molecule has 1 heterocycles. The maximum absolute atomic E-state index is 13.1. The highest BCUT2D eigenvalue weighted by atomic mass is 16.5. The van der Waals surface area contributed by atoms with Gasteiger partial charge in [-0.15, -0.1) is 0 Å². The highest BCUT2D eigenvalue weighted by molar-refractivity contribution is 6.38. The second kappa shape index (κ2) is 17.7. The van der Waals surface area contributed by atoms with Crippen LogP contribution in [0.4, 0.5) is 0 Å². The number of rotatable bonds is 18. The molecule has 14 nitrogen and oxygen atoms in total. The number of amides is 3. The Morgan fingerprint density at radius 2 is 1.30 bits per heavy atom. The van der Waals surface area contributed by atoms with Gasteiger partial charge in [-0.3, -0.25) is 19.3 Å². The van der Waals surface area contributed by atoms with Crippen molar-refractivity contribution in [3.8, 4) is 0 Å². The number of nitrogens with zero attached hydrogens (tertiary/aromatic N) is 4. The van der Waals surface area contributed by atoms with E-state index in [2.05, 4.69) is 15.3 Å². The summed E-state index contributed by atoms with van der Waals surface area (Å²) in [7, 11) is 0. The number of benzene rings is 2. The minimum atomic E-state index is -1.13. The molecular formula is C29H31N5O9. The number of esters is 2. The molecule has 2 aromatic rings. The maximum atomic E-state index is 13.1. The number of ether oxygens (including phenoxy) is 4. The normalized spacial score (nSPS) is 12.6. The van der Waals surface area contributed by atoms with Crippen molar-refractivity contribution >= 4 is 29.7 Å². The molecule has 0 spiro atoms. The van der Waals surface area contributed by atoms with Gasteiger partial charge < -0.3 is 24.3 Å². The first-order valence-corrected chi connectivity index (χ1v) is 13.4. The van der Waals surface area contributed by atoms with Crippen LogP contribution in [0.25, 0.3) is 10.4 Å². The highest BCUT2D eigenvalue weighted by Crippen LogP contribution is 2.24. The number of nitrogens with one attached hydrogen (secondary N) is 1. The molecule has 2 aromatic carbocycles. The molecule has 0 aliphatic carbocycles. The molecule has 43 heavy (non-hydrogen) atoms. The van der Waals surface area contributed by atoms with Crippen LogP contribution in [0.15, 0.2) is 76.9 Å². The summed E-state index contributed by atoms with van der Waals surface area (Å²) in [6, 6.07) is 17.4. The van der Waals surface area contributed by atoms with Crippen molar-refractivity contribution in [2.24, 2.45) is 5.11 Å². The van der Waals surface area contributed by atoms with E-state index in [1.165, 1.54) is 0 Å². The van der Waals surface area contributed by atoms with Crippen LogP contribution >= 0.6 is 0 Å². The van der Waals surface area contributed by atoms with Gasteiger partial charge in [-0.1, -0.05) is 65.8 Å². The lowest BCUT2D eigenvalue weighted by molar-refractivity contribution is -0.144. The number of hydrogen-bond donors (Lipinski definition) is 1. The van der Waals surface area contributed by atoms with Gasteiger partial charge in [-0.05, 0) is 16.7 Å². The Morgan fingerprint density at radius 3 is 1.84 bits per heavy atom. The Bertz CT molecular complexity index is 1280. The minimum Gasteiger partial charge on any atom is -0.457 e. The summed E-state index contributed by atoms with van der Waals surface area (Å²) in [5.41, 5.74) is 8.06. The Hall–Kier alpha value is -5.04. The molecule has 0 saturated carbocycles. The average Bonchev–Trinajstić information content (AvgIpc) is 3.28. The second-order valence-corrected chi connectivity index (χ2v) is 8.91. The molecular weight excluding hydrogens is 562 g/mol. The van der Waals surface area contributed by atoms with Crippen LogP contribution in [0, 0.1) is 0 Å². The largest absolute Gasteiger partial charge is 0.457 e. The monoisotopic (exact) mass is 593 g/mol. The molecule has 1 aliphatic rings. The number of carbonyl (C=O) groups is 5. The topological polar surface area (TPSA) is 186 Å². The van der Waals surface area contributed by atoms with Crippen molar-refractivity contribution in [2.75, 3.05) is 46.1 Å². The van der Waals surface area contributed by atoms with Gasteiger partial charge >= 0.3 is 11.9 Å². The van der Waals surface area contributed by atoms with Crippen molar-refractivity contribution < 1.29 is 42.9 Å². The molecule has 1 aliphatic heterocycles. The van der Waals surface area contributed by atoms with Crippen LogP contribution in [0.2, 0.25) is 0 Å². The summed E-state index contributed by atoms with van der Waals surface area (Å²) in [5, 5.41) is 5.95. The summed E-state index contributed by atoms with van der Waals surface area (Å²) in [5.74, 6) is -4.57. The van der Waals surface area contributed by atoms with E-state index in [9.17, 15) is 24.0 Å². The molecule has 1 N–H and O–H groups in total. The Labute approximate surface area is 247 Å². The van der Waals surface area contributed by atoms with Crippen LogP contribution in [0.5, 0.6) is 0 Å². The Kier molecular flexibility index (Phi) is 13.4. The molecule has 3 amide bonds. The molecule has 0 saturated heterocycles. The summed E-state index contributed by atoms with van der Waals surface area (Å²) in [6.45, 7) is 0.150. The zero-order chi connectivity index (χ0) is 30.9. The predicted octanol–water partition coefficient (Wildman–Crippen LogP) is 1.99. The first-order chi connectivity index (χ1) is 20.9. The van der Waals surface area contributed by atoms with Gasteiger partial charge in [0.2, 0.25) is 5.91 Å². The van der Waals surface area contributed by atoms with Crippen molar-refractivity contribution in [3.63, 3.8) is 0 Å². The average molecular weight is 594 g/mol. The molecule has 0 fully saturated rings. The third-order valence-corrected chi connectivity index (χ3v) is 5.90. The summed E-state index contributed by atoms with van der Waals surface area (Å²) in [6.07, 6.45) is 0.00694. The van der Waals surface area contributed by atoms with E-state index in [-0.39, 0.29) is 71.6 Å². The van der Waals surface area contributed by atoms with E-state index in [0.717, 1.165) is 0 Å². The lowest BCUT2D eigenvalue weighted by Crippen LogP contribution is -2.36. The van der Waals surface area contributed by atoms with Crippen molar-refractivity contribution in [1.29, 1.82) is 0 Å². The highest BCUT2D eigenvalue weighted by Gasteiger charge is 2.46. The van der Waals surface area contributed by atoms with Crippen LogP contribution < -0.4 is 5.32 Å². The first kappa shape index (κ1) is 32.5. The molecule has 0 atom stereocenters. The standard InChI is InChI=1S/C29H31N5O9/c30-33-32-13-17-41-16-12-31-23(35)11-15-40-18-14-34-26(36)24(28(38)42-19-21-7-3-1-4-8-21)25(27(34)37)29(39)43-20-22-9-5-2-6-10-22/h1-10H,11-20H2,(H,31,35). The van der Waals surface area contributed by atoms with E-state index in [4.69, 9.17) is 24.5 Å². The first-order valence-electron chi connectivity index (χ1n) is 13.4. The minimum absolute atomic E-state index is 0.00694. The molecule has 0 aromatic heterocycles. The Balaban J connectivity index is 1.53. The maximum Gasteiger partial charge on any atom is 0.345 e. The predicted molar refractivity (Wildman–Crippen MR) is 149 cm³/mol. The van der Waals surface area contributed by atoms with Gasteiger partial charge in [-0.2, -0.15) is 0 Å². The van der Waals surface area contributed by atoms with Gasteiger partial charge in [0.1, 0.15) is 24.4 Å². The van der Waals surface area contributed by atoms with E-state index < -0.39 is 34.9 Å². The molecule has 0 unspecified atom stereocenters. The fourth-order valence-electron chi connectivity index (χ4n) is 3.77. The van der Waals surface area contributed by atoms with Crippen molar-refractivity contribution in [2.45, 2.75) is 19.6 Å². The zero-order valence-corrected chi connectivity index (χ0v) is 23.3. The summed E-state index contributed by atoms with van der Waals surface area (Å²) < 4.78 is 21.1. The molecule has 0 bridgehead atoms. The lowest BCUT2D eigenvalue weighted by Gasteiger charge is -2.15. The van der Waals surface area contributed by atoms with Crippen LogP contribution in [0.3, 0.4) is 0 Å². The fraction of sp³-hybridized carbons (Fsp3) is 0.345. The van der Waals surface area contributed by atoms with E-state index in [1.807, 2.05) is 0 Å². The van der Waals surface area contributed by atoms with Crippen LogP contribution in [-0.2, 0) is 56.1 Å². The van der Waals surface area contributed by atoms with Gasteiger partial charge in [0.15, 0.2) is 0 Å². The van der Waals surface area contributed by atoms with Gasteiger partial charge in [-0.25, -0.2) is 9.59 Å². The third kappa shape index (κ3) is 10.4.